The molecule has 0 radical (unpaired) electrons. The Kier molecular flexibility index (Phi) is 4.32. The first-order valence-electron chi connectivity index (χ1n) is 8.12. The molecule has 2 aromatic rings. The number of carbonyl (C=O) groups excluding carboxylic acids is 2. The number of amides is 2. The molecule has 23 heavy (non-hydrogen) atoms. The molecular weight excluding hydrogens is 292 g/mol. The molecule has 1 fully saturated rings. The van der Waals surface area contributed by atoms with Crippen molar-refractivity contribution in [3.8, 4) is 0 Å². The minimum absolute atomic E-state index is 0.227. The molecule has 2 amide bonds. The van der Waals surface area contributed by atoms with E-state index in [2.05, 4.69) is 29.5 Å². The SMILES string of the molecule is CC(C)CCNC(=O)c1nc(C(=O)NC2CC2)n2ccccc12. The molecule has 0 atom stereocenters. The van der Waals surface area contributed by atoms with E-state index >= 15 is 0 Å². The van der Waals surface area contributed by atoms with E-state index in [1.807, 2.05) is 12.1 Å². The first kappa shape index (κ1) is 15.5. The van der Waals surface area contributed by atoms with Crippen molar-refractivity contribution in [2.45, 2.75) is 39.2 Å². The van der Waals surface area contributed by atoms with Crippen LogP contribution in [0, 0.1) is 5.92 Å². The quantitative estimate of drug-likeness (QED) is 0.856. The molecule has 2 aromatic heterocycles. The van der Waals surface area contributed by atoms with Crippen molar-refractivity contribution >= 4 is 17.3 Å². The molecule has 1 aliphatic rings. The summed E-state index contributed by atoms with van der Waals surface area (Å²) >= 11 is 0. The molecule has 1 saturated carbocycles. The molecule has 0 bridgehead atoms. The van der Waals surface area contributed by atoms with Crippen LogP contribution in [-0.4, -0.2) is 33.8 Å². The number of hydrogen-bond donors (Lipinski definition) is 2. The van der Waals surface area contributed by atoms with Gasteiger partial charge < -0.3 is 10.6 Å². The van der Waals surface area contributed by atoms with Gasteiger partial charge in [-0.2, -0.15) is 0 Å². The molecule has 6 nitrogen and oxygen atoms in total. The molecule has 0 aliphatic heterocycles. The largest absolute Gasteiger partial charge is 0.351 e. The van der Waals surface area contributed by atoms with Gasteiger partial charge in [0.05, 0.1) is 5.52 Å². The highest BCUT2D eigenvalue weighted by Gasteiger charge is 2.27. The third-order valence-electron chi connectivity index (χ3n) is 3.89. The summed E-state index contributed by atoms with van der Waals surface area (Å²) in [4.78, 5) is 29.0. The van der Waals surface area contributed by atoms with Crippen LogP contribution in [0.3, 0.4) is 0 Å². The second-order valence-electron chi connectivity index (χ2n) is 6.43. The van der Waals surface area contributed by atoms with Crippen LogP contribution in [0.4, 0.5) is 0 Å². The molecule has 2 heterocycles. The fourth-order valence-electron chi connectivity index (χ4n) is 2.40. The van der Waals surface area contributed by atoms with Crippen molar-refractivity contribution in [1.29, 1.82) is 0 Å². The van der Waals surface area contributed by atoms with Gasteiger partial charge in [-0.05, 0) is 37.3 Å². The fraction of sp³-hybridized carbons (Fsp3) is 0.471. The lowest BCUT2D eigenvalue weighted by molar-refractivity contribution is 0.0940. The zero-order valence-corrected chi connectivity index (χ0v) is 13.5. The van der Waals surface area contributed by atoms with Crippen molar-refractivity contribution in [2.75, 3.05) is 6.54 Å². The molecule has 1 aliphatic carbocycles. The highest BCUT2D eigenvalue weighted by Crippen LogP contribution is 2.20. The summed E-state index contributed by atoms with van der Waals surface area (Å²) in [6.07, 6.45) is 4.69. The van der Waals surface area contributed by atoms with Crippen LogP contribution in [0.25, 0.3) is 5.52 Å². The maximum atomic E-state index is 12.4. The van der Waals surface area contributed by atoms with E-state index in [9.17, 15) is 9.59 Å². The lowest BCUT2D eigenvalue weighted by atomic mass is 10.1. The number of aromatic nitrogens is 2. The van der Waals surface area contributed by atoms with Gasteiger partial charge in [0.15, 0.2) is 5.69 Å². The van der Waals surface area contributed by atoms with Gasteiger partial charge in [0.2, 0.25) is 5.82 Å². The summed E-state index contributed by atoms with van der Waals surface area (Å²) < 4.78 is 1.68. The van der Waals surface area contributed by atoms with E-state index in [1.165, 1.54) is 0 Å². The minimum Gasteiger partial charge on any atom is -0.351 e. The Hall–Kier alpha value is -2.37. The zero-order chi connectivity index (χ0) is 16.4. The number of nitrogens with zero attached hydrogens (tertiary/aromatic N) is 2. The average molecular weight is 314 g/mol. The first-order valence-corrected chi connectivity index (χ1v) is 8.12. The Morgan fingerprint density at radius 3 is 2.78 bits per heavy atom. The van der Waals surface area contributed by atoms with Gasteiger partial charge in [-0.15, -0.1) is 0 Å². The fourth-order valence-corrected chi connectivity index (χ4v) is 2.40. The van der Waals surface area contributed by atoms with Gasteiger partial charge in [0, 0.05) is 18.8 Å². The Morgan fingerprint density at radius 2 is 2.09 bits per heavy atom. The van der Waals surface area contributed by atoms with E-state index in [4.69, 9.17) is 0 Å². The number of pyridine rings is 1. The molecule has 2 N–H and O–H groups in total. The van der Waals surface area contributed by atoms with E-state index in [0.717, 1.165) is 19.3 Å². The van der Waals surface area contributed by atoms with Gasteiger partial charge in [0.25, 0.3) is 11.8 Å². The summed E-state index contributed by atoms with van der Waals surface area (Å²) in [7, 11) is 0. The first-order chi connectivity index (χ1) is 11.1. The standard InChI is InChI=1S/C17H22N4O2/c1-11(2)8-9-18-16(22)14-13-5-3-4-10-21(13)15(20-14)17(23)19-12-6-7-12/h3-5,10-12H,6-9H2,1-2H3,(H,18,22)(H,19,23). The maximum Gasteiger partial charge on any atom is 0.287 e. The van der Waals surface area contributed by atoms with E-state index in [0.29, 0.717) is 23.7 Å². The Morgan fingerprint density at radius 1 is 1.30 bits per heavy atom. The van der Waals surface area contributed by atoms with Crippen molar-refractivity contribution in [1.82, 2.24) is 20.0 Å². The summed E-state index contributed by atoms with van der Waals surface area (Å²) in [5, 5.41) is 5.80. The monoisotopic (exact) mass is 314 g/mol. The van der Waals surface area contributed by atoms with Crippen LogP contribution in [0.5, 0.6) is 0 Å². The molecule has 0 aromatic carbocycles. The predicted molar refractivity (Wildman–Crippen MR) is 87.5 cm³/mol. The van der Waals surface area contributed by atoms with Crippen molar-refractivity contribution in [3.05, 3.63) is 35.9 Å². The number of carbonyl (C=O) groups is 2. The second kappa shape index (κ2) is 6.40. The molecular formula is C17H22N4O2. The Balaban J connectivity index is 1.84. The number of imidazole rings is 1. The molecule has 3 rings (SSSR count). The minimum atomic E-state index is -0.236. The average Bonchev–Trinajstić information content (AvgIpc) is 3.24. The smallest absolute Gasteiger partial charge is 0.287 e. The number of nitrogens with one attached hydrogen (secondary N) is 2. The topological polar surface area (TPSA) is 75.5 Å². The van der Waals surface area contributed by atoms with Crippen LogP contribution in [0.1, 0.15) is 54.2 Å². The van der Waals surface area contributed by atoms with Gasteiger partial charge >= 0.3 is 0 Å². The number of fused-ring (bicyclic) bond motifs is 1. The molecule has 0 saturated heterocycles. The van der Waals surface area contributed by atoms with Crippen molar-refractivity contribution in [3.63, 3.8) is 0 Å². The lowest BCUT2D eigenvalue weighted by Crippen LogP contribution is -2.28. The van der Waals surface area contributed by atoms with Crippen LogP contribution in [-0.2, 0) is 0 Å². The summed E-state index contributed by atoms with van der Waals surface area (Å²) in [5.74, 6) is 0.324. The third-order valence-corrected chi connectivity index (χ3v) is 3.89. The zero-order valence-electron chi connectivity index (χ0n) is 13.5. The van der Waals surface area contributed by atoms with Gasteiger partial charge in [-0.25, -0.2) is 4.98 Å². The summed E-state index contributed by atoms with van der Waals surface area (Å²) in [6, 6.07) is 5.72. The summed E-state index contributed by atoms with van der Waals surface area (Å²) in [5.41, 5.74) is 0.950. The van der Waals surface area contributed by atoms with Gasteiger partial charge in [-0.1, -0.05) is 19.9 Å². The van der Waals surface area contributed by atoms with Crippen molar-refractivity contribution < 1.29 is 9.59 Å². The third kappa shape index (κ3) is 3.52. The molecule has 6 heteroatoms. The molecule has 122 valence electrons. The molecule has 0 spiro atoms. The highest BCUT2D eigenvalue weighted by atomic mass is 16.2. The highest BCUT2D eigenvalue weighted by molar-refractivity contribution is 6.02. The van der Waals surface area contributed by atoms with E-state index in [1.54, 1.807) is 16.7 Å². The van der Waals surface area contributed by atoms with E-state index in [-0.39, 0.29) is 23.7 Å². The number of hydrogen-bond acceptors (Lipinski definition) is 3. The Labute approximate surface area is 135 Å². The second-order valence-corrected chi connectivity index (χ2v) is 6.43. The normalized spacial score (nSPS) is 14.2. The van der Waals surface area contributed by atoms with Crippen LogP contribution in [0.15, 0.2) is 24.4 Å². The summed E-state index contributed by atoms with van der Waals surface area (Å²) in [6.45, 7) is 4.82. The predicted octanol–water partition coefficient (Wildman–Crippen LogP) is 2.00. The lowest BCUT2D eigenvalue weighted by Gasteiger charge is -2.05. The van der Waals surface area contributed by atoms with Crippen LogP contribution in [0.2, 0.25) is 0 Å². The van der Waals surface area contributed by atoms with Crippen LogP contribution < -0.4 is 10.6 Å². The number of rotatable bonds is 6. The van der Waals surface area contributed by atoms with Gasteiger partial charge in [0.1, 0.15) is 0 Å². The van der Waals surface area contributed by atoms with E-state index < -0.39 is 0 Å². The maximum absolute atomic E-state index is 12.4. The van der Waals surface area contributed by atoms with Crippen LogP contribution >= 0.6 is 0 Å². The Bertz CT molecular complexity index is 731. The molecule has 0 unspecified atom stereocenters. The van der Waals surface area contributed by atoms with Crippen molar-refractivity contribution in [2.24, 2.45) is 5.92 Å². The van der Waals surface area contributed by atoms with Gasteiger partial charge in [-0.3, -0.25) is 14.0 Å².